The van der Waals surface area contributed by atoms with Crippen molar-refractivity contribution >= 4 is 11.8 Å². The van der Waals surface area contributed by atoms with Gasteiger partial charge in [0, 0.05) is 37.3 Å². The molecule has 0 radical (unpaired) electrons. The van der Waals surface area contributed by atoms with Gasteiger partial charge in [-0.1, -0.05) is 0 Å². The van der Waals surface area contributed by atoms with E-state index in [1.807, 2.05) is 9.80 Å². The van der Waals surface area contributed by atoms with E-state index in [1.165, 1.54) is 0 Å². The van der Waals surface area contributed by atoms with Crippen molar-refractivity contribution in [3.05, 3.63) is 11.1 Å². The van der Waals surface area contributed by atoms with Gasteiger partial charge in [0.05, 0.1) is 50.8 Å². The van der Waals surface area contributed by atoms with E-state index in [-0.39, 0.29) is 36.2 Å². The molecule has 0 saturated carbocycles. The van der Waals surface area contributed by atoms with Crippen molar-refractivity contribution in [1.82, 2.24) is 9.80 Å². The van der Waals surface area contributed by atoms with E-state index in [4.69, 9.17) is 18.9 Å². The first kappa shape index (κ1) is 18.5. The Morgan fingerprint density at radius 3 is 1.18 bits per heavy atom. The summed E-state index contributed by atoms with van der Waals surface area (Å²) in [6.07, 6.45) is 3.74. The van der Waals surface area contributed by atoms with Crippen LogP contribution in [-0.2, 0) is 28.5 Å². The Morgan fingerprint density at radius 2 is 0.929 bits per heavy atom. The third kappa shape index (κ3) is 4.74. The van der Waals surface area contributed by atoms with E-state index >= 15 is 0 Å². The predicted octanol–water partition coefficient (Wildman–Crippen LogP) is 0.109. The molecule has 154 valence electrons. The second-order valence-corrected chi connectivity index (χ2v) is 8.41. The van der Waals surface area contributed by atoms with E-state index in [0.29, 0.717) is 76.6 Å². The summed E-state index contributed by atoms with van der Waals surface area (Å²) in [5.41, 5.74) is 1.38. The molecule has 8 heteroatoms. The zero-order chi connectivity index (χ0) is 19.1. The van der Waals surface area contributed by atoms with Gasteiger partial charge in [-0.2, -0.15) is 0 Å². The van der Waals surface area contributed by atoms with E-state index in [2.05, 4.69) is 0 Å². The second-order valence-electron chi connectivity index (χ2n) is 8.41. The van der Waals surface area contributed by atoms with Crippen molar-refractivity contribution < 1.29 is 28.5 Å². The third-order valence-electron chi connectivity index (χ3n) is 5.86. The maximum absolute atomic E-state index is 13.4. The average molecular weight is 392 g/mol. The summed E-state index contributed by atoms with van der Waals surface area (Å²) in [5.74, 6) is -0.0290. The Balaban J connectivity index is 1.35. The molecule has 0 bridgehead atoms. The summed E-state index contributed by atoms with van der Waals surface area (Å²) < 4.78 is 21.4. The molecule has 4 unspecified atom stereocenters. The smallest absolute Gasteiger partial charge is 0.250 e. The molecule has 1 aliphatic carbocycles. The van der Waals surface area contributed by atoms with Crippen molar-refractivity contribution in [3.63, 3.8) is 0 Å². The summed E-state index contributed by atoms with van der Waals surface area (Å²) in [5, 5.41) is 0. The number of epoxide rings is 4. The predicted molar refractivity (Wildman–Crippen MR) is 97.6 cm³/mol. The number of nitrogens with zero attached hydrogens (tertiary/aromatic N) is 2. The molecule has 0 aromatic heterocycles. The standard InChI is InChI=1S/C20H28N2O6/c23-19(21(5-13-9-25-13)6-14-10-26-14)17-3-1-2-4-18(17)20(24)22(7-15-11-27-15)8-16-12-28-16/h13-16H,1-12H2. The van der Waals surface area contributed by atoms with Crippen LogP contribution in [0, 0.1) is 0 Å². The van der Waals surface area contributed by atoms with Gasteiger partial charge in [0.2, 0.25) is 11.8 Å². The van der Waals surface area contributed by atoms with Crippen molar-refractivity contribution in [3.8, 4) is 0 Å². The van der Waals surface area contributed by atoms with Crippen LogP contribution in [0.25, 0.3) is 0 Å². The number of rotatable bonds is 10. The van der Waals surface area contributed by atoms with E-state index in [9.17, 15) is 9.59 Å². The fourth-order valence-electron chi connectivity index (χ4n) is 3.92. The molecule has 5 aliphatic rings. The van der Waals surface area contributed by atoms with Gasteiger partial charge in [-0.3, -0.25) is 9.59 Å². The minimum atomic E-state index is -0.0145. The van der Waals surface area contributed by atoms with Gasteiger partial charge in [0.1, 0.15) is 0 Å². The zero-order valence-electron chi connectivity index (χ0n) is 16.1. The van der Waals surface area contributed by atoms with Gasteiger partial charge in [-0.15, -0.1) is 0 Å². The highest BCUT2D eigenvalue weighted by Crippen LogP contribution is 2.30. The number of hydrogen-bond donors (Lipinski definition) is 0. The maximum Gasteiger partial charge on any atom is 0.250 e. The molecule has 0 aromatic carbocycles. The number of carbonyl (C=O) groups is 2. The summed E-state index contributed by atoms with van der Waals surface area (Å²) in [4.78, 5) is 30.4. The van der Waals surface area contributed by atoms with Crippen LogP contribution in [-0.4, -0.2) is 98.6 Å². The highest BCUT2D eigenvalue weighted by molar-refractivity contribution is 6.05. The van der Waals surface area contributed by atoms with Crippen LogP contribution in [0.4, 0.5) is 0 Å². The molecule has 4 aliphatic heterocycles. The topological polar surface area (TPSA) is 90.7 Å². The average Bonchev–Trinajstić information content (AvgIpc) is 3.56. The van der Waals surface area contributed by atoms with Crippen LogP contribution < -0.4 is 0 Å². The first-order chi connectivity index (χ1) is 13.7. The zero-order valence-corrected chi connectivity index (χ0v) is 16.1. The molecular formula is C20H28N2O6. The van der Waals surface area contributed by atoms with Crippen molar-refractivity contribution in [2.45, 2.75) is 50.1 Å². The van der Waals surface area contributed by atoms with Gasteiger partial charge >= 0.3 is 0 Å². The lowest BCUT2D eigenvalue weighted by Gasteiger charge is -2.29. The largest absolute Gasteiger partial charge is 0.371 e. The number of ether oxygens (including phenoxy) is 4. The van der Waals surface area contributed by atoms with Crippen LogP contribution in [0.1, 0.15) is 25.7 Å². The van der Waals surface area contributed by atoms with Crippen LogP contribution in [0.15, 0.2) is 11.1 Å². The lowest BCUT2D eigenvalue weighted by Crippen LogP contribution is -2.42. The summed E-state index contributed by atoms with van der Waals surface area (Å²) >= 11 is 0. The van der Waals surface area contributed by atoms with Crippen molar-refractivity contribution in [2.24, 2.45) is 0 Å². The second kappa shape index (κ2) is 7.74. The Labute approximate surface area is 164 Å². The minimum Gasteiger partial charge on any atom is -0.371 e. The first-order valence-electron chi connectivity index (χ1n) is 10.4. The molecule has 2 amide bonds. The van der Waals surface area contributed by atoms with Crippen molar-refractivity contribution in [1.29, 1.82) is 0 Å². The normalized spacial score (nSPS) is 32.7. The van der Waals surface area contributed by atoms with Gasteiger partial charge < -0.3 is 28.7 Å². The van der Waals surface area contributed by atoms with Crippen LogP contribution in [0.5, 0.6) is 0 Å². The van der Waals surface area contributed by atoms with Gasteiger partial charge in [-0.25, -0.2) is 0 Å². The van der Waals surface area contributed by atoms with E-state index in [1.54, 1.807) is 0 Å². The van der Waals surface area contributed by atoms with Crippen molar-refractivity contribution in [2.75, 3.05) is 52.6 Å². The van der Waals surface area contributed by atoms with Gasteiger partial charge in [0.15, 0.2) is 0 Å². The Kier molecular flexibility index (Phi) is 5.13. The highest BCUT2D eigenvalue weighted by atomic mass is 16.6. The monoisotopic (exact) mass is 392 g/mol. The number of carbonyl (C=O) groups excluding carboxylic acids is 2. The molecule has 4 atom stereocenters. The molecule has 5 rings (SSSR count). The van der Waals surface area contributed by atoms with Crippen LogP contribution >= 0.6 is 0 Å². The first-order valence-corrected chi connectivity index (χ1v) is 10.4. The minimum absolute atomic E-state index is 0.0145. The van der Waals surface area contributed by atoms with Crippen LogP contribution in [0.2, 0.25) is 0 Å². The quantitative estimate of drug-likeness (QED) is 0.490. The summed E-state index contributed by atoms with van der Waals surface area (Å²) in [6, 6.07) is 0. The molecule has 0 N–H and O–H groups in total. The molecule has 8 nitrogen and oxygen atoms in total. The highest BCUT2D eigenvalue weighted by Gasteiger charge is 2.38. The molecule has 28 heavy (non-hydrogen) atoms. The lowest BCUT2D eigenvalue weighted by atomic mass is 9.89. The summed E-state index contributed by atoms with van der Waals surface area (Å²) in [7, 11) is 0. The maximum atomic E-state index is 13.4. The number of amides is 2. The third-order valence-corrected chi connectivity index (χ3v) is 5.86. The van der Waals surface area contributed by atoms with Gasteiger partial charge in [0.25, 0.3) is 0 Å². The van der Waals surface area contributed by atoms with Gasteiger partial charge in [-0.05, 0) is 25.7 Å². The molecule has 4 heterocycles. The Morgan fingerprint density at radius 1 is 0.643 bits per heavy atom. The fourth-order valence-corrected chi connectivity index (χ4v) is 3.92. The Hall–Kier alpha value is -1.48. The van der Waals surface area contributed by atoms with E-state index in [0.717, 1.165) is 12.8 Å². The lowest BCUT2D eigenvalue weighted by molar-refractivity contribution is -0.131. The Bertz CT molecular complexity index is 580. The molecular weight excluding hydrogens is 364 g/mol. The van der Waals surface area contributed by atoms with E-state index < -0.39 is 0 Å². The van der Waals surface area contributed by atoms with Crippen LogP contribution in [0.3, 0.4) is 0 Å². The SMILES string of the molecule is O=C(C1=C(C(=O)N(CC2CO2)CC2CO2)CCCC1)N(CC1CO1)CC1CO1. The fraction of sp³-hybridized carbons (Fsp3) is 0.800. The molecule has 4 saturated heterocycles. The molecule has 0 aromatic rings. The molecule has 4 fully saturated rings. The molecule has 0 spiro atoms. The summed E-state index contributed by atoms with van der Waals surface area (Å²) in [6.45, 7) is 5.15. The number of hydrogen-bond acceptors (Lipinski definition) is 6.